The number of aryl methyl sites for hydroxylation is 2. The minimum atomic E-state index is -3.92. The Kier molecular flexibility index (Phi) is 34.4. The van der Waals surface area contributed by atoms with Gasteiger partial charge < -0.3 is 38.6 Å². The van der Waals surface area contributed by atoms with Crippen molar-refractivity contribution in [2.24, 2.45) is 0 Å². The zero-order valence-electron chi connectivity index (χ0n) is 52.6. The predicted molar refractivity (Wildman–Crippen MR) is 371 cm³/mol. The Balaban J connectivity index is 0.000000385. The van der Waals surface area contributed by atoms with Gasteiger partial charge in [-0.25, -0.2) is 8.42 Å². The first-order chi connectivity index (χ1) is 42.2. The third kappa shape index (κ3) is 23.6. The summed E-state index contributed by atoms with van der Waals surface area (Å²) in [6, 6.07) is 68.6. The van der Waals surface area contributed by atoms with E-state index in [9.17, 15) is 0 Å². The van der Waals surface area contributed by atoms with E-state index in [0.29, 0.717) is 6.26 Å². The van der Waals surface area contributed by atoms with E-state index >= 15 is 0 Å². The van der Waals surface area contributed by atoms with Crippen LogP contribution >= 0.6 is 0 Å². The summed E-state index contributed by atoms with van der Waals surface area (Å²) < 4.78 is 39.7. The van der Waals surface area contributed by atoms with E-state index in [1.54, 1.807) is 13.1 Å². The molecular weight excluding hydrogens is 1530 g/mol. The number of aliphatic hydroxyl groups excluding tert-OH is 2. The number of hydrogen-bond donors (Lipinski definition) is 2. The number of pyridine rings is 4. The van der Waals surface area contributed by atoms with Gasteiger partial charge in [-0.2, -0.15) is 0 Å². The van der Waals surface area contributed by atoms with E-state index in [1.165, 1.54) is 37.7 Å². The molecule has 0 saturated carbocycles. The van der Waals surface area contributed by atoms with E-state index < -0.39 is 26.3 Å². The molecule has 0 aliphatic rings. The number of aromatic nitrogens is 4. The third-order valence-electron chi connectivity index (χ3n) is 12.4. The quantitative estimate of drug-likeness (QED) is 0.0701. The van der Waals surface area contributed by atoms with Gasteiger partial charge >= 0.3 is 0 Å². The average Bonchev–Trinajstić information content (AvgIpc) is 1.60. The van der Waals surface area contributed by atoms with Crippen LogP contribution < -0.4 is 10.4 Å². The molecule has 464 valence electrons. The molecule has 12 rings (SSSR count). The van der Waals surface area contributed by atoms with Crippen molar-refractivity contribution in [2.45, 2.75) is 60.1 Å². The van der Waals surface area contributed by atoms with Gasteiger partial charge in [-0.15, -0.1) is 96.4 Å². The van der Waals surface area contributed by atoms with Gasteiger partial charge in [0.05, 0.1) is 37.5 Å². The summed E-state index contributed by atoms with van der Waals surface area (Å²) in [4.78, 5) is 17.6. The molecule has 0 aliphatic heterocycles. The summed E-state index contributed by atoms with van der Waals surface area (Å²) in [6.07, 6.45) is 12.7. The van der Waals surface area contributed by atoms with Crippen molar-refractivity contribution in [3.05, 3.63) is 230 Å². The monoisotopic (exact) mass is 1600 g/mol. The van der Waals surface area contributed by atoms with E-state index in [-0.39, 0.29) is 40.2 Å². The molecule has 0 bridgehead atoms. The molecule has 90 heavy (non-hydrogen) atoms. The van der Waals surface area contributed by atoms with Gasteiger partial charge in [-0.05, 0) is 102 Å². The van der Waals surface area contributed by atoms with Gasteiger partial charge in [0, 0.05) is 123 Å². The Hall–Kier alpha value is -7.67. The molecule has 11 nitrogen and oxygen atoms in total. The first-order valence-corrected chi connectivity index (χ1v) is 36.5. The Morgan fingerprint density at radius 3 is 1.33 bits per heavy atom. The Morgan fingerprint density at radius 1 is 0.522 bits per heavy atom. The fraction of sp³-hybridized carbons (Fsp3) is 0.167. The number of para-hydroxylation sites is 1. The second-order valence-electron chi connectivity index (χ2n) is 21.0. The smallest absolute Gasteiger partial charge is 0.144 e. The second kappa shape index (κ2) is 39.5. The molecule has 6 heterocycles. The molecule has 0 amide bonds. The zero-order chi connectivity index (χ0) is 64.9. The molecule has 0 unspecified atom stereocenters. The molecule has 0 fully saturated rings. The van der Waals surface area contributed by atoms with Gasteiger partial charge in [0.25, 0.3) is 0 Å². The minimum Gasteiger partial charge on any atom is -0.748 e. The first kappa shape index (κ1) is 78.4. The Morgan fingerprint density at radius 2 is 0.956 bits per heavy atom. The van der Waals surface area contributed by atoms with Crippen LogP contribution in [0.3, 0.4) is 0 Å². The van der Waals surface area contributed by atoms with Crippen LogP contribution in [0.5, 0.6) is 0 Å². The van der Waals surface area contributed by atoms with Crippen LogP contribution in [0.4, 0.5) is 0 Å². The van der Waals surface area contributed by atoms with Crippen LogP contribution in [0.1, 0.15) is 18.1 Å². The SMILES string of the molecule is C#CC#CC.CO.CO.CS(=O)(=O)[O-].C[Si](C)(C)c1cccc2oc3c(-c4ccccn4)[c-]ccc3c12.C[Si](C)(C)c1cccc2oc3c(-c4ccccn4)cccc3c12.Cc1ccc(-c2[c-]cccc2)nc1.Cc1ccc(-c2[c-]cccc2)nc1.[B][B].[Ir].[Ir]. The number of rotatable bonds is 6. The topological polar surface area (TPSA) is 175 Å². The van der Waals surface area contributed by atoms with Crippen molar-refractivity contribution in [2.75, 3.05) is 20.5 Å². The maximum absolute atomic E-state index is 9.08. The van der Waals surface area contributed by atoms with Crippen LogP contribution in [-0.2, 0) is 50.3 Å². The van der Waals surface area contributed by atoms with Gasteiger partial charge in [-0.3, -0.25) is 4.98 Å². The molecule has 0 aliphatic carbocycles. The summed E-state index contributed by atoms with van der Waals surface area (Å²) in [7, 11) is 3.17. The van der Waals surface area contributed by atoms with E-state index in [4.69, 9.17) is 38.4 Å². The largest absolute Gasteiger partial charge is 0.748 e. The fourth-order valence-electron chi connectivity index (χ4n) is 8.75. The molecule has 0 saturated heterocycles. The number of hydrogen-bond acceptors (Lipinski definition) is 11. The Labute approximate surface area is 563 Å². The van der Waals surface area contributed by atoms with Crippen molar-refractivity contribution in [1.29, 1.82) is 0 Å². The van der Waals surface area contributed by atoms with Crippen molar-refractivity contribution in [3.63, 3.8) is 0 Å². The molecule has 18 heteroatoms. The van der Waals surface area contributed by atoms with Crippen molar-refractivity contribution >= 4 is 96.0 Å². The summed E-state index contributed by atoms with van der Waals surface area (Å²) in [6.45, 7) is 20.0. The molecule has 2 N–H and O–H groups in total. The van der Waals surface area contributed by atoms with E-state index in [1.807, 2.05) is 136 Å². The van der Waals surface area contributed by atoms with Gasteiger partial charge in [0.1, 0.15) is 16.7 Å². The molecular formula is C72H72B2Ir2N4O7SSi2-4. The molecule has 6 radical (unpaired) electrons. The molecule has 6 aromatic heterocycles. The number of aliphatic hydroxyl groups is 2. The van der Waals surface area contributed by atoms with Crippen LogP contribution in [0, 0.1) is 56.2 Å². The fourth-order valence-corrected chi connectivity index (χ4v) is 12.0. The molecule has 0 atom stereocenters. The number of nitrogens with zero attached hydrogens (tertiary/aromatic N) is 4. The van der Waals surface area contributed by atoms with Crippen molar-refractivity contribution in [3.8, 4) is 69.2 Å². The van der Waals surface area contributed by atoms with Crippen molar-refractivity contribution in [1.82, 2.24) is 19.9 Å². The molecule has 12 aromatic rings. The Bertz CT molecular complexity index is 4020. The third-order valence-corrected chi connectivity index (χ3v) is 16.5. The number of terminal acetylenes is 1. The van der Waals surface area contributed by atoms with Gasteiger partial charge in [0.15, 0.2) is 0 Å². The summed E-state index contributed by atoms with van der Waals surface area (Å²) in [5.41, 5.74) is 14.0. The zero-order valence-corrected chi connectivity index (χ0v) is 60.2. The van der Waals surface area contributed by atoms with E-state index in [2.05, 4.69) is 183 Å². The van der Waals surface area contributed by atoms with Gasteiger partial charge in [-0.1, -0.05) is 140 Å². The van der Waals surface area contributed by atoms with Gasteiger partial charge in [0.2, 0.25) is 0 Å². The van der Waals surface area contributed by atoms with Crippen LogP contribution in [-0.4, -0.2) is 95.2 Å². The summed E-state index contributed by atoms with van der Waals surface area (Å²) in [5, 5.41) is 21.8. The predicted octanol–water partition coefficient (Wildman–Crippen LogP) is 14.2. The summed E-state index contributed by atoms with van der Waals surface area (Å²) >= 11 is 0. The maximum Gasteiger partial charge on any atom is 0.144 e. The number of benzene rings is 6. The minimum absolute atomic E-state index is 0. The second-order valence-corrected chi connectivity index (χ2v) is 32.5. The van der Waals surface area contributed by atoms with Crippen molar-refractivity contribution < 1.29 is 72.2 Å². The van der Waals surface area contributed by atoms with Crippen LogP contribution in [0.2, 0.25) is 39.3 Å². The number of fused-ring (bicyclic) bond motifs is 6. The number of furan rings is 2. The maximum atomic E-state index is 9.08. The van der Waals surface area contributed by atoms with Crippen LogP contribution in [0.25, 0.3) is 88.9 Å². The summed E-state index contributed by atoms with van der Waals surface area (Å²) in [5.74, 6) is 7.08. The van der Waals surface area contributed by atoms with E-state index in [0.717, 1.165) is 87.0 Å². The normalized spacial score (nSPS) is 10.1. The van der Waals surface area contributed by atoms with Crippen LogP contribution in [0.15, 0.2) is 210 Å². The average molecular weight is 1600 g/mol. The molecule has 6 aromatic carbocycles. The standard InChI is InChI=1S/C20H19NOSi.C20H18NOSi.2C12H10N.C5H4.CH4O3S.2CH4O.B2.2Ir/c2*1-23(2,3)18-12-7-11-17-19(18)15-9-6-8-14(20(15)22-17)16-10-4-5-13-21-16;2*1-10-7-8-12(13-9-10)11-5-3-2-4-6-11;1-3-5-4-2;1-5(2,3)4;3*1-2;;/h4-13H,1-3H3;4-7,9-13H,1-3H3;2*2-5,7-9H,1H3;1H,2H3;1H3,(H,2,3,4);2*2H,1H3;;;/q;3*-1;;;;;;;/p-1. The molecule has 0 spiro atoms. The first-order valence-electron chi connectivity index (χ1n) is 27.7.